The molecule has 0 aliphatic rings. The van der Waals surface area contributed by atoms with Gasteiger partial charge in [0.1, 0.15) is 5.75 Å². The lowest BCUT2D eigenvalue weighted by atomic mass is 10.2. The number of nitrogens with one attached hydrogen (secondary N) is 1. The molecule has 1 N–H and O–H groups in total. The fraction of sp³-hybridized carbons (Fsp3) is 0.111. The van der Waals surface area contributed by atoms with Crippen molar-refractivity contribution in [1.29, 1.82) is 0 Å². The van der Waals surface area contributed by atoms with Gasteiger partial charge < -0.3 is 14.2 Å². The van der Waals surface area contributed by atoms with Gasteiger partial charge in [0.15, 0.2) is 0 Å². The standard InChI is InChI=1S/C18H16N2O3S2/c1-22-16-9-13(18(21)23-2)5-8-15(16)20-25-14-6-3-12(4-7-14)17-10-19-11-24-17/h3-11,20H,1-2H3. The fourth-order valence-corrected chi connectivity index (χ4v) is 3.48. The number of anilines is 1. The number of thiazole rings is 1. The number of hydrogen-bond donors (Lipinski definition) is 1. The number of rotatable bonds is 6. The lowest BCUT2D eigenvalue weighted by Crippen LogP contribution is -2.02. The van der Waals surface area contributed by atoms with E-state index in [2.05, 4.69) is 21.8 Å². The second-order valence-corrected chi connectivity index (χ2v) is 6.77. The first-order chi connectivity index (χ1) is 12.2. The second kappa shape index (κ2) is 8.04. The summed E-state index contributed by atoms with van der Waals surface area (Å²) in [5, 5.41) is 0. The molecule has 0 radical (unpaired) electrons. The summed E-state index contributed by atoms with van der Waals surface area (Å²) in [6.07, 6.45) is 1.86. The highest BCUT2D eigenvalue weighted by atomic mass is 32.2. The van der Waals surface area contributed by atoms with E-state index in [1.54, 1.807) is 36.6 Å². The molecule has 0 unspecified atom stereocenters. The summed E-state index contributed by atoms with van der Waals surface area (Å²) in [6, 6.07) is 13.4. The van der Waals surface area contributed by atoms with Crippen LogP contribution in [0.5, 0.6) is 5.75 Å². The highest BCUT2D eigenvalue weighted by Crippen LogP contribution is 2.31. The van der Waals surface area contributed by atoms with Gasteiger partial charge in [-0.3, -0.25) is 4.98 Å². The molecule has 5 nitrogen and oxygen atoms in total. The van der Waals surface area contributed by atoms with Gasteiger partial charge in [0, 0.05) is 11.1 Å². The predicted octanol–water partition coefficient (Wildman–Crippen LogP) is 4.72. The topological polar surface area (TPSA) is 60.5 Å². The maximum absolute atomic E-state index is 11.6. The average molecular weight is 372 g/mol. The third kappa shape index (κ3) is 4.12. The van der Waals surface area contributed by atoms with Crippen LogP contribution in [0.25, 0.3) is 10.4 Å². The number of nitrogens with zero attached hydrogens (tertiary/aromatic N) is 1. The zero-order valence-electron chi connectivity index (χ0n) is 13.7. The molecule has 0 fully saturated rings. The molecule has 0 atom stereocenters. The van der Waals surface area contributed by atoms with Crippen molar-refractivity contribution in [3.05, 3.63) is 59.7 Å². The maximum Gasteiger partial charge on any atom is 0.337 e. The van der Waals surface area contributed by atoms with Crippen LogP contribution in [0.15, 0.2) is 59.1 Å². The normalized spacial score (nSPS) is 10.3. The van der Waals surface area contributed by atoms with E-state index in [4.69, 9.17) is 9.47 Å². The van der Waals surface area contributed by atoms with Crippen molar-refractivity contribution in [3.63, 3.8) is 0 Å². The van der Waals surface area contributed by atoms with Crippen LogP contribution in [-0.2, 0) is 4.74 Å². The van der Waals surface area contributed by atoms with Gasteiger partial charge in [-0.05, 0) is 47.8 Å². The Labute approximate surface area is 154 Å². The molecular formula is C18H16N2O3S2. The Kier molecular flexibility index (Phi) is 5.57. The van der Waals surface area contributed by atoms with Crippen LogP contribution in [0.3, 0.4) is 0 Å². The van der Waals surface area contributed by atoms with Crippen molar-refractivity contribution < 1.29 is 14.3 Å². The SMILES string of the molecule is COC(=O)c1ccc(NSc2ccc(-c3cncs3)cc2)c(OC)c1. The monoisotopic (exact) mass is 372 g/mol. The molecule has 0 amide bonds. The number of carbonyl (C=O) groups excluding carboxylic acids is 1. The highest BCUT2D eigenvalue weighted by Gasteiger charge is 2.10. The molecule has 0 saturated carbocycles. The minimum atomic E-state index is -0.392. The number of esters is 1. The van der Waals surface area contributed by atoms with Crippen LogP contribution in [0.2, 0.25) is 0 Å². The van der Waals surface area contributed by atoms with Crippen molar-refractivity contribution in [2.24, 2.45) is 0 Å². The molecule has 3 aromatic rings. The fourth-order valence-electron chi connectivity index (χ4n) is 2.18. The van der Waals surface area contributed by atoms with Gasteiger partial charge in [-0.15, -0.1) is 11.3 Å². The first kappa shape index (κ1) is 17.3. The Morgan fingerprint density at radius 2 is 1.96 bits per heavy atom. The third-order valence-electron chi connectivity index (χ3n) is 3.47. The number of aromatic nitrogens is 1. The Morgan fingerprint density at radius 3 is 2.60 bits per heavy atom. The lowest BCUT2D eigenvalue weighted by molar-refractivity contribution is 0.0600. The van der Waals surface area contributed by atoms with Crippen molar-refractivity contribution in [2.75, 3.05) is 18.9 Å². The Balaban J connectivity index is 1.69. The second-order valence-electron chi connectivity index (χ2n) is 5.00. The summed E-state index contributed by atoms with van der Waals surface area (Å²) in [7, 11) is 2.92. The minimum Gasteiger partial charge on any atom is -0.495 e. The molecule has 0 aliphatic carbocycles. The van der Waals surface area contributed by atoms with Crippen LogP contribution < -0.4 is 9.46 Å². The lowest BCUT2D eigenvalue weighted by Gasteiger charge is -2.11. The molecule has 0 bridgehead atoms. The molecule has 2 aromatic carbocycles. The van der Waals surface area contributed by atoms with Gasteiger partial charge >= 0.3 is 5.97 Å². The summed E-state index contributed by atoms with van der Waals surface area (Å²) >= 11 is 3.09. The van der Waals surface area contributed by atoms with Crippen LogP contribution in [-0.4, -0.2) is 25.2 Å². The molecule has 0 spiro atoms. The third-order valence-corrected chi connectivity index (χ3v) is 5.12. The smallest absolute Gasteiger partial charge is 0.337 e. The summed E-state index contributed by atoms with van der Waals surface area (Å²) in [4.78, 5) is 17.9. The maximum atomic E-state index is 11.6. The van der Waals surface area contributed by atoms with Gasteiger partial charge in [0.05, 0.1) is 35.9 Å². The molecule has 1 aromatic heterocycles. The number of carbonyl (C=O) groups is 1. The van der Waals surface area contributed by atoms with Crippen molar-refractivity contribution in [1.82, 2.24) is 4.98 Å². The van der Waals surface area contributed by atoms with E-state index < -0.39 is 5.97 Å². The quantitative estimate of drug-likeness (QED) is 0.499. The van der Waals surface area contributed by atoms with E-state index in [0.717, 1.165) is 21.0 Å². The molecule has 25 heavy (non-hydrogen) atoms. The van der Waals surface area contributed by atoms with Crippen LogP contribution >= 0.6 is 23.3 Å². The van der Waals surface area contributed by atoms with Crippen LogP contribution in [0.1, 0.15) is 10.4 Å². The van der Waals surface area contributed by atoms with Crippen molar-refractivity contribution in [2.45, 2.75) is 4.90 Å². The van der Waals surface area contributed by atoms with Crippen molar-refractivity contribution in [3.8, 4) is 16.2 Å². The summed E-state index contributed by atoms with van der Waals surface area (Å²) < 4.78 is 13.3. The van der Waals surface area contributed by atoms with Gasteiger partial charge in [-0.1, -0.05) is 12.1 Å². The Morgan fingerprint density at radius 1 is 1.16 bits per heavy atom. The zero-order chi connectivity index (χ0) is 17.6. The molecule has 7 heteroatoms. The van der Waals surface area contributed by atoms with Gasteiger partial charge in [0.25, 0.3) is 0 Å². The molecular weight excluding hydrogens is 356 g/mol. The Bertz CT molecular complexity index is 849. The minimum absolute atomic E-state index is 0.392. The number of hydrogen-bond acceptors (Lipinski definition) is 7. The average Bonchev–Trinajstić information content (AvgIpc) is 3.20. The zero-order valence-corrected chi connectivity index (χ0v) is 15.3. The molecule has 1 heterocycles. The number of ether oxygens (including phenoxy) is 2. The first-order valence-electron chi connectivity index (χ1n) is 7.39. The molecule has 3 rings (SSSR count). The van der Waals surface area contributed by atoms with E-state index in [9.17, 15) is 4.79 Å². The van der Waals surface area contributed by atoms with Gasteiger partial charge in [-0.25, -0.2) is 4.79 Å². The van der Waals surface area contributed by atoms with E-state index >= 15 is 0 Å². The van der Waals surface area contributed by atoms with Crippen molar-refractivity contribution >= 4 is 34.9 Å². The number of benzene rings is 2. The van der Waals surface area contributed by atoms with E-state index in [1.165, 1.54) is 19.1 Å². The predicted molar refractivity (Wildman–Crippen MR) is 101 cm³/mol. The van der Waals surface area contributed by atoms with Gasteiger partial charge in [-0.2, -0.15) is 0 Å². The van der Waals surface area contributed by atoms with Crippen LogP contribution in [0, 0.1) is 0 Å². The van der Waals surface area contributed by atoms with Gasteiger partial charge in [0.2, 0.25) is 0 Å². The van der Waals surface area contributed by atoms with E-state index in [-0.39, 0.29) is 0 Å². The number of methoxy groups -OCH3 is 2. The van der Waals surface area contributed by atoms with Crippen LogP contribution in [0.4, 0.5) is 5.69 Å². The summed E-state index contributed by atoms with van der Waals surface area (Å²) in [6.45, 7) is 0. The highest BCUT2D eigenvalue weighted by molar-refractivity contribution is 8.00. The molecule has 128 valence electrons. The Hall–Kier alpha value is -2.51. The summed E-state index contributed by atoms with van der Waals surface area (Å²) in [5.74, 6) is 0.188. The molecule has 0 saturated heterocycles. The largest absolute Gasteiger partial charge is 0.495 e. The summed E-state index contributed by atoms with van der Waals surface area (Å²) in [5.41, 5.74) is 4.20. The molecule has 0 aliphatic heterocycles. The van der Waals surface area contributed by atoms with E-state index in [1.807, 2.05) is 23.8 Å². The van der Waals surface area contributed by atoms with E-state index in [0.29, 0.717) is 11.3 Å². The first-order valence-corrected chi connectivity index (χ1v) is 9.09.